The van der Waals surface area contributed by atoms with Crippen molar-refractivity contribution in [2.75, 3.05) is 6.26 Å². The minimum absolute atomic E-state index is 1.06. The molecule has 0 radical (unpaired) electrons. The standard InChI is InChI=1S/C13H15NS2/c1-15-12-6-4-11(5-7-12)9-14-10-13-3-2-8-16-13/h2-8,14H,9-10H2,1H3/p+1. The molecule has 1 aromatic heterocycles. The topological polar surface area (TPSA) is 16.6 Å². The van der Waals surface area contributed by atoms with Gasteiger partial charge in [0.1, 0.15) is 13.1 Å². The maximum Gasteiger partial charge on any atom is 0.111 e. The van der Waals surface area contributed by atoms with Crippen molar-refractivity contribution in [1.29, 1.82) is 0 Å². The van der Waals surface area contributed by atoms with Gasteiger partial charge in [-0.2, -0.15) is 0 Å². The predicted octanol–water partition coefficient (Wildman–Crippen LogP) is 2.73. The molecule has 1 heterocycles. The lowest BCUT2D eigenvalue weighted by atomic mass is 10.2. The van der Waals surface area contributed by atoms with Crippen molar-refractivity contribution < 1.29 is 5.32 Å². The van der Waals surface area contributed by atoms with E-state index < -0.39 is 0 Å². The van der Waals surface area contributed by atoms with E-state index in [0.717, 1.165) is 13.1 Å². The van der Waals surface area contributed by atoms with Gasteiger partial charge in [0.15, 0.2) is 0 Å². The number of thiophene rings is 1. The lowest BCUT2D eigenvalue weighted by Crippen LogP contribution is -2.80. The van der Waals surface area contributed by atoms with E-state index in [4.69, 9.17) is 0 Å². The summed E-state index contributed by atoms with van der Waals surface area (Å²) in [5.74, 6) is 0. The summed E-state index contributed by atoms with van der Waals surface area (Å²) in [6, 6.07) is 13.1. The first-order valence-electron chi connectivity index (χ1n) is 5.35. The fourth-order valence-electron chi connectivity index (χ4n) is 1.57. The zero-order valence-electron chi connectivity index (χ0n) is 9.35. The van der Waals surface area contributed by atoms with Crippen LogP contribution in [0.25, 0.3) is 0 Å². The summed E-state index contributed by atoms with van der Waals surface area (Å²) in [6.07, 6.45) is 2.11. The third kappa shape index (κ3) is 3.37. The van der Waals surface area contributed by atoms with Gasteiger partial charge in [-0.05, 0) is 29.8 Å². The minimum Gasteiger partial charge on any atom is -0.338 e. The van der Waals surface area contributed by atoms with Gasteiger partial charge in [-0.3, -0.25) is 0 Å². The van der Waals surface area contributed by atoms with Gasteiger partial charge >= 0.3 is 0 Å². The highest BCUT2D eigenvalue weighted by atomic mass is 32.2. The molecular weight excluding hydrogens is 234 g/mol. The van der Waals surface area contributed by atoms with Crippen LogP contribution in [0.3, 0.4) is 0 Å². The van der Waals surface area contributed by atoms with E-state index in [1.807, 2.05) is 11.3 Å². The average molecular weight is 250 g/mol. The summed E-state index contributed by atoms with van der Waals surface area (Å²) in [7, 11) is 0. The van der Waals surface area contributed by atoms with Gasteiger partial charge in [-0.25, -0.2) is 0 Å². The fourth-order valence-corrected chi connectivity index (χ4v) is 2.68. The van der Waals surface area contributed by atoms with E-state index in [-0.39, 0.29) is 0 Å². The minimum atomic E-state index is 1.06. The SMILES string of the molecule is CSc1ccc(C[NH2+]Cc2cccs2)cc1. The van der Waals surface area contributed by atoms with Crippen molar-refractivity contribution in [3.63, 3.8) is 0 Å². The zero-order chi connectivity index (χ0) is 11.2. The van der Waals surface area contributed by atoms with Crippen LogP contribution in [0.4, 0.5) is 0 Å². The van der Waals surface area contributed by atoms with E-state index in [9.17, 15) is 0 Å². The van der Waals surface area contributed by atoms with Crippen LogP contribution in [-0.2, 0) is 13.1 Å². The highest BCUT2D eigenvalue weighted by Gasteiger charge is 1.98. The van der Waals surface area contributed by atoms with Gasteiger partial charge in [0.05, 0.1) is 4.88 Å². The Balaban J connectivity index is 1.81. The molecule has 16 heavy (non-hydrogen) atoms. The van der Waals surface area contributed by atoms with Crippen molar-refractivity contribution in [2.45, 2.75) is 18.0 Å². The molecule has 0 unspecified atom stereocenters. The second-order valence-electron chi connectivity index (χ2n) is 3.62. The molecule has 0 aliphatic carbocycles. The first kappa shape index (κ1) is 11.7. The first-order valence-corrected chi connectivity index (χ1v) is 7.46. The number of hydrogen-bond acceptors (Lipinski definition) is 2. The maximum atomic E-state index is 2.35. The van der Waals surface area contributed by atoms with E-state index in [0.29, 0.717) is 0 Å². The lowest BCUT2D eigenvalue weighted by Gasteiger charge is -2.01. The quantitative estimate of drug-likeness (QED) is 0.807. The molecule has 1 aromatic carbocycles. The van der Waals surface area contributed by atoms with Gasteiger partial charge in [0.2, 0.25) is 0 Å². The van der Waals surface area contributed by atoms with Gasteiger partial charge in [-0.1, -0.05) is 18.2 Å². The molecule has 0 spiro atoms. The van der Waals surface area contributed by atoms with Crippen LogP contribution in [0.5, 0.6) is 0 Å². The van der Waals surface area contributed by atoms with Crippen LogP contribution in [0.15, 0.2) is 46.7 Å². The Hall–Kier alpha value is -0.770. The van der Waals surface area contributed by atoms with E-state index in [2.05, 4.69) is 53.4 Å². The molecule has 84 valence electrons. The van der Waals surface area contributed by atoms with E-state index in [1.54, 1.807) is 11.8 Å². The second-order valence-corrected chi connectivity index (χ2v) is 5.54. The third-order valence-corrected chi connectivity index (χ3v) is 4.11. The molecule has 0 fully saturated rings. The van der Waals surface area contributed by atoms with Gasteiger partial charge < -0.3 is 5.32 Å². The van der Waals surface area contributed by atoms with Crippen LogP contribution in [0.2, 0.25) is 0 Å². The summed E-state index contributed by atoms with van der Waals surface area (Å²) in [4.78, 5) is 2.78. The number of nitrogens with two attached hydrogens (primary N) is 1. The number of thioether (sulfide) groups is 1. The summed E-state index contributed by atoms with van der Waals surface area (Å²) < 4.78 is 0. The molecule has 0 atom stereocenters. The fraction of sp³-hybridized carbons (Fsp3) is 0.231. The van der Waals surface area contributed by atoms with Crippen molar-refractivity contribution in [3.8, 4) is 0 Å². The van der Waals surface area contributed by atoms with Crippen LogP contribution >= 0.6 is 23.1 Å². The maximum absolute atomic E-state index is 2.35. The summed E-state index contributed by atoms with van der Waals surface area (Å²) in [6.45, 7) is 2.15. The Morgan fingerprint density at radius 2 is 1.94 bits per heavy atom. The van der Waals surface area contributed by atoms with E-state index >= 15 is 0 Å². The molecule has 0 aliphatic rings. The van der Waals surface area contributed by atoms with Crippen LogP contribution in [0.1, 0.15) is 10.4 Å². The Bertz CT molecular complexity index is 406. The monoisotopic (exact) mass is 250 g/mol. The Kier molecular flexibility index (Phi) is 4.45. The zero-order valence-corrected chi connectivity index (χ0v) is 11.0. The number of quaternary nitrogens is 1. The molecule has 0 amide bonds. The van der Waals surface area contributed by atoms with Crippen molar-refractivity contribution in [2.24, 2.45) is 0 Å². The molecule has 2 rings (SSSR count). The van der Waals surface area contributed by atoms with Crippen molar-refractivity contribution in [1.82, 2.24) is 0 Å². The molecule has 0 saturated carbocycles. The highest BCUT2D eigenvalue weighted by molar-refractivity contribution is 7.98. The molecule has 1 nitrogen and oxygen atoms in total. The van der Waals surface area contributed by atoms with Crippen molar-refractivity contribution >= 4 is 23.1 Å². The molecule has 0 bridgehead atoms. The Morgan fingerprint density at radius 1 is 1.12 bits per heavy atom. The third-order valence-electron chi connectivity index (χ3n) is 2.46. The van der Waals surface area contributed by atoms with Gasteiger partial charge in [-0.15, -0.1) is 23.1 Å². The number of hydrogen-bond donors (Lipinski definition) is 1. The molecule has 2 aromatic rings. The Labute approximate surface area is 105 Å². The normalized spacial score (nSPS) is 10.6. The highest BCUT2D eigenvalue weighted by Crippen LogP contribution is 2.14. The number of rotatable bonds is 5. The summed E-state index contributed by atoms with van der Waals surface area (Å²) in [5, 5.41) is 4.48. The van der Waals surface area contributed by atoms with Crippen LogP contribution in [0, 0.1) is 0 Å². The van der Waals surface area contributed by atoms with Crippen molar-refractivity contribution in [3.05, 3.63) is 52.2 Å². The summed E-state index contributed by atoms with van der Waals surface area (Å²) in [5.41, 5.74) is 1.40. The number of benzene rings is 1. The molecule has 0 aliphatic heterocycles. The largest absolute Gasteiger partial charge is 0.338 e. The molecule has 3 heteroatoms. The molecular formula is C13H16NS2+. The lowest BCUT2D eigenvalue weighted by molar-refractivity contribution is -0.685. The summed E-state index contributed by atoms with van der Waals surface area (Å²) >= 11 is 3.62. The van der Waals surface area contributed by atoms with Crippen LogP contribution in [-0.4, -0.2) is 6.26 Å². The van der Waals surface area contributed by atoms with Gasteiger partial charge in [0.25, 0.3) is 0 Å². The molecule has 0 saturated heterocycles. The van der Waals surface area contributed by atoms with E-state index in [1.165, 1.54) is 15.3 Å². The first-order chi connectivity index (χ1) is 7.88. The predicted molar refractivity (Wildman–Crippen MR) is 71.9 cm³/mol. The molecule has 2 N–H and O–H groups in total. The van der Waals surface area contributed by atoms with Crippen LogP contribution < -0.4 is 5.32 Å². The average Bonchev–Trinajstić information content (AvgIpc) is 2.83. The Morgan fingerprint density at radius 3 is 2.56 bits per heavy atom. The smallest absolute Gasteiger partial charge is 0.111 e. The second kappa shape index (κ2) is 6.09. The van der Waals surface area contributed by atoms with Gasteiger partial charge in [0, 0.05) is 10.5 Å².